The van der Waals surface area contributed by atoms with Crippen molar-refractivity contribution in [1.29, 1.82) is 0 Å². The molecule has 0 bridgehead atoms. The number of carboxylic acids is 6. The van der Waals surface area contributed by atoms with Gasteiger partial charge in [0.2, 0.25) is 0 Å². The maximum absolute atomic E-state index is 9.41. The molecule has 0 unspecified atom stereocenters. The van der Waals surface area contributed by atoms with E-state index in [9.17, 15) is 59.4 Å². The van der Waals surface area contributed by atoms with Crippen molar-refractivity contribution in [2.24, 2.45) is 0 Å². The largest absolute Gasteiger partial charge is 3.00 e. The van der Waals surface area contributed by atoms with Gasteiger partial charge in [-0.05, 0) is 36.5 Å². The van der Waals surface area contributed by atoms with Crippen LogP contribution in [0.15, 0.2) is 36.5 Å². The normalized spacial score (nSPS) is 8.77. The van der Waals surface area contributed by atoms with E-state index < -0.39 is 35.8 Å². The Morgan fingerprint density at radius 3 is 0.462 bits per heavy atom. The molecule has 0 amide bonds. The third-order valence-corrected chi connectivity index (χ3v) is 1.07. The van der Waals surface area contributed by atoms with Crippen molar-refractivity contribution in [3.63, 3.8) is 0 Å². The summed E-state index contributed by atoms with van der Waals surface area (Å²) in [5.74, 6) is -9.28. The fraction of sp³-hybridized carbons (Fsp3) is 0. The third-order valence-electron chi connectivity index (χ3n) is 1.07. The first-order valence-corrected chi connectivity index (χ1v) is 5.18. The van der Waals surface area contributed by atoms with Gasteiger partial charge in [0, 0.05) is 0 Å². The quantitative estimate of drug-likeness (QED) is 0.251. The smallest absolute Gasteiger partial charge is 0.545 e. The molecule has 0 saturated heterocycles. The molecule has 0 aliphatic carbocycles. The van der Waals surface area contributed by atoms with E-state index in [1.807, 2.05) is 0 Å². The number of hydrogen-bond acceptors (Lipinski definition) is 12. The fourth-order valence-corrected chi connectivity index (χ4v) is 0.408. The molecule has 0 rings (SSSR count). The number of carbonyl (C=O) groups excluding carboxylic acids is 6. The molecule has 134 valence electrons. The Kier molecular flexibility index (Phi) is 32.8. The molecule has 0 fully saturated rings. The van der Waals surface area contributed by atoms with E-state index in [0.717, 1.165) is 0 Å². The Balaban J connectivity index is -0.0000000817. The van der Waals surface area contributed by atoms with Gasteiger partial charge in [0.25, 0.3) is 0 Å². The van der Waals surface area contributed by atoms with Crippen molar-refractivity contribution >= 4 is 35.8 Å². The molecule has 0 aromatic rings. The van der Waals surface area contributed by atoms with E-state index >= 15 is 0 Å². The molecule has 26 heavy (non-hydrogen) atoms. The third kappa shape index (κ3) is 56.9. The molecule has 0 saturated carbocycles. The Morgan fingerprint density at radius 1 is 0.346 bits per heavy atom. The van der Waals surface area contributed by atoms with Crippen molar-refractivity contribution < 1.29 is 143 Å². The van der Waals surface area contributed by atoms with Gasteiger partial charge in [0.1, 0.15) is 0 Å². The van der Waals surface area contributed by atoms with Crippen molar-refractivity contribution in [3.05, 3.63) is 36.5 Å². The molecule has 0 aliphatic rings. The minimum absolute atomic E-state index is 0. The molecule has 12 nitrogen and oxygen atoms in total. The van der Waals surface area contributed by atoms with Gasteiger partial charge in [0.05, 0.1) is 35.8 Å². The summed E-state index contributed by atoms with van der Waals surface area (Å²) in [6.07, 6.45) is 2.31. The molecular weight excluding hydrogens is 616 g/mol. The topological polar surface area (TPSA) is 241 Å². The summed E-state index contributed by atoms with van der Waals surface area (Å²) in [4.78, 5) is 56.5. The van der Waals surface area contributed by atoms with Gasteiger partial charge in [0.15, 0.2) is 0 Å². The Labute approximate surface area is 212 Å². The van der Waals surface area contributed by atoms with Crippen molar-refractivity contribution in [1.82, 2.24) is 0 Å². The van der Waals surface area contributed by atoms with E-state index in [-0.39, 0.29) is 83.5 Å². The van der Waals surface area contributed by atoms with Gasteiger partial charge in [-0.3, -0.25) is 0 Å². The van der Waals surface area contributed by atoms with Crippen LogP contribution in [-0.4, -0.2) is 35.8 Å². The molecule has 0 atom stereocenters. The van der Waals surface area contributed by atoms with E-state index in [0.29, 0.717) is 36.5 Å². The second-order valence-corrected chi connectivity index (χ2v) is 2.91. The van der Waals surface area contributed by atoms with Crippen LogP contribution in [0.1, 0.15) is 0 Å². The number of rotatable bonds is 6. The Morgan fingerprint density at radius 2 is 0.423 bits per heavy atom. The van der Waals surface area contributed by atoms with Crippen molar-refractivity contribution in [2.75, 3.05) is 0 Å². The molecule has 0 aliphatic heterocycles. The first-order valence-electron chi connectivity index (χ1n) is 5.18. The van der Waals surface area contributed by atoms with Crippen LogP contribution >= 0.6 is 0 Å². The van der Waals surface area contributed by atoms with E-state index in [1.165, 1.54) is 0 Å². The van der Waals surface area contributed by atoms with Crippen LogP contribution in [0.25, 0.3) is 0 Å². The van der Waals surface area contributed by atoms with Crippen molar-refractivity contribution in [2.45, 2.75) is 0 Å². The first-order chi connectivity index (χ1) is 10.9. The summed E-state index contributed by atoms with van der Waals surface area (Å²) in [5.41, 5.74) is 0. The minimum atomic E-state index is -1.55. The van der Waals surface area contributed by atoms with Crippen LogP contribution in [0.5, 0.6) is 0 Å². The summed E-state index contributed by atoms with van der Waals surface area (Å²) < 4.78 is 0. The summed E-state index contributed by atoms with van der Waals surface area (Å²) >= 11 is 0. The molecule has 0 aromatic carbocycles. The van der Waals surface area contributed by atoms with Gasteiger partial charge in [-0.1, -0.05) is 0 Å². The average molecular weight is 622 g/mol. The minimum Gasteiger partial charge on any atom is -0.545 e. The predicted octanol–water partition coefficient (Wildman–Crippen LogP) is -8.87. The average Bonchev–Trinajstić information content (AvgIpc) is 2.42. The Hall–Kier alpha value is -1.21. The molecule has 0 N–H and O–H groups in total. The maximum atomic E-state index is 9.41. The predicted molar refractivity (Wildman–Crippen MR) is 57.5 cm³/mol. The van der Waals surface area contributed by atoms with Gasteiger partial charge >= 0.3 is 83.5 Å². The zero-order valence-corrected chi connectivity index (χ0v) is 18.6. The van der Waals surface area contributed by atoms with Gasteiger partial charge in [-0.25, -0.2) is 0 Å². The standard InChI is InChI=1S/3C4H4O4.2Ce/c3*5-3(6)1-2-4(7)8;;/h3*1-2H,(H,5,6)(H,7,8);;/q;;;2*+3/p-6/b3*2-1-;;. The first kappa shape index (κ1) is 35.8. The second-order valence-electron chi connectivity index (χ2n) is 2.91. The molecule has 14 heteroatoms. The van der Waals surface area contributed by atoms with E-state index in [4.69, 9.17) is 0 Å². The van der Waals surface area contributed by atoms with Crippen LogP contribution < -0.4 is 30.6 Å². The number of carbonyl (C=O) groups is 6. The molecule has 0 heterocycles. The van der Waals surface area contributed by atoms with Gasteiger partial charge in [-0.2, -0.15) is 0 Å². The zero-order valence-electron chi connectivity index (χ0n) is 12.4. The molecule has 2 radical (unpaired) electrons. The van der Waals surface area contributed by atoms with Crippen LogP contribution in [0.3, 0.4) is 0 Å². The summed E-state index contributed by atoms with van der Waals surface area (Å²) in [6, 6.07) is 0. The second kappa shape index (κ2) is 23.8. The fourth-order valence-electron chi connectivity index (χ4n) is 0.408. The number of carboxylic acid groups (broad SMARTS) is 6. The Bertz CT molecular complexity index is 448. The zero-order chi connectivity index (χ0) is 19.7. The SMILES string of the molecule is O=C([O-])/C=C\C(=O)[O-].O=C([O-])/C=C\C(=O)[O-].O=C([O-])/C=C\C(=O)[O-].[Ce+3].[Ce+3]. The number of hydrogen-bond donors (Lipinski definition) is 0. The van der Waals surface area contributed by atoms with Crippen LogP contribution in [0.4, 0.5) is 0 Å². The molecular formula is C12H6Ce2O12. The van der Waals surface area contributed by atoms with Crippen molar-refractivity contribution in [3.8, 4) is 0 Å². The molecule has 0 spiro atoms. The summed E-state index contributed by atoms with van der Waals surface area (Å²) in [6.45, 7) is 0. The maximum Gasteiger partial charge on any atom is 3.00 e. The van der Waals surface area contributed by atoms with Gasteiger partial charge < -0.3 is 59.4 Å². The number of aliphatic carboxylic acids is 6. The monoisotopic (exact) mass is 622 g/mol. The molecule has 0 aromatic heterocycles. The van der Waals surface area contributed by atoms with E-state index in [2.05, 4.69) is 0 Å². The van der Waals surface area contributed by atoms with Crippen LogP contribution in [0, 0.1) is 83.5 Å². The summed E-state index contributed by atoms with van der Waals surface area (Å²) in [7, 11) is 0. The summed E-state index contributed by atoms with van der Waals surface area (Å²) in [5, 5.41) is 56.5. The van der Waals surface area contributed by atoms with Crippen LogP contribution in [0.2, 0.25) is 0 Å². The van der Waals surface area contributed by atoms with Gasteiger partial charge in [-0.15, -0.1) is 0 Å². The van der Waals surface area contributed by atoms with E-state index in [1.54, 1.807) is 0 Å². The van der Waals surface area contributed by atoms with Crippen LogP contribution in [-0.2, 0) is 28.8 Å².